The number of amides is 2. The van der Waals surface area contributed by atoms with Gasteiger partial charge in [0.05, 0.1) is 0 Å². The molecule has 1 aliphatic heterocycles. The maximum absolute atomic E-state index is 12.4. The molecule has 1 fully saturated rings. The zero-order valence-corrected chi connectivity index (χ0v) is 16.4. The van der Waals surface area contributed by atoms with Crippen LogP contribution in [0.1, 0.15) is 23.2 Å². The number of benzene rings is 2. The van der Waals surface area contributed by atoms with Crippen molar-refractivity contribution in [2.45, 2.75) is 12.8 Å². The predicted molar refractivity (Wildman–Crippen MR) is 110 cm³/mol. The number of carbonyl (C=O) groups is 2. The first-order valence-electron chi connectivity index (χ1n) is 9.38. The van der Waals surface area contributed by atoms with Gasteiger partial charge in [0.1, 0.15) is 5.75 Å². The first kappa shape index (κ1) is 20.0. The molecule has 1 aliphatic rings. The fourth-order valence-corrected chi connectivity index (χ4v) is 3.31. The van der Waals surface area contributed by atoms with Gasteiger partial charge < -0.3 is 20.2 Å². The van der Waals surface area contributed by atoms with Gasteiger partial charge in [0.25, 0.3) is 5.91 Å². The molecule has 0 spiro atoms. The summed E-state index contributed by atoms with van der Waals surface area (Å²) in [6.45, 7) is 3.35. The molecule has 2 aromatic carbocycles. The molecule has 0 radical (unpaired) electrons. The molecule has 0 unspecified atom stereocenters. The molecule has 2 N–H and O–H groups in total. The zero-order valence-electron chi connectivity index (χ0n) is 15.6. The number of phenolic OH excluding ortho intramolecular Hbond substituents is 1. The van der Waals surface area contributed by atoms with Crippen LogP contribution in [0.4, 0.5) is 5.69 Å². The maximum atomic E-state index is 12.4. The minimum absolute atomic E-state index is 0.117. The molecular formula is C21H24ClN3O3. The standard InChI is InChI=1S/C21H24ClN3O3/c22-17-5-3-16(4-6-17)21(28)23-11-1-2-20(27)25-14-12-24(13-15-25)18-7-9-19(26)10-8-18/h3-10,26H,1-2,11-15H2,(H,23,28). The molecule has 2 amide bonds. The minimum Gasteiger partial charge on any atom is -0.508 e. The Morgan fingerprint density at radius 2 is 1.61 bits per heavy atom. The summed E-state index contributed by atoms with van der Waals surface area (Å²) in [5.74, 6) is 0.207. The van der Waals surface area contributed by atoms with Gasteiger partial charge in [-0.15, -0.1) is 0 Å². The van der Waals surface area contributed by atoms with Crippen molar-refractivity contribution in [2.24, 2.45) is 0 Å². The lowest BCUT2D eigenvalue weighted by Crippen LogP contribution is -2.48. The van der Waals surface area contributed by atoms with Gasteiger partial charge in [-0.05, 0) is 55.0 Å². The van der Waals surface area contributed by atoms with Gasteiger partial charge in [-0.2, -0.15) is 0 Å². The van der Waals surface area contributed by atoms with E-state index in [9.17, 15) is 14.7 Å². The SMILES string of the molecule is O=C(NCCCC(=O)N1CCN(c2ccc(O)cc2)CC1)c1ccc(Cl)cc1. The quantitative estimate of drug-likeness (QED) is 0.730. The lowest BCUT2D eigenvalue weighted by Gasteiger charge is -2.36. The molecule has 0 bridgehead atoms. The molecule has 148 valence electrons. The average Bonchev–Trinajstić information content (AvgIpc) is 2.72. The summed E-state index contributed by atoms with van der Waals surface area (Å²) < 4.78 is 0. The maximum Gasteiger partial charge on any atom is 0.251 e. The molecule has 6 nitrogen and oxygen atoms in total. The third-order valence-corrected chi connectivity index (χ3v) is 5.06. The van der Waals surface area contributed by atoms with Gasteiger partial charge in [-0.25, -0.2) is 0 Å². The molecule has 1 saturated heterocycles. The van der Waals surface area contributed by atoms with Gasteiger partial charge in [0.15, 0.2) is 0 Å². The van der Waals surface area contributed by atoms with Crippen molar-refractivity contribution in [1.29, 1.82) is 0 Å². The summed E-state index contributed by atoms with van der Waals surface area (Å²) in [6, 6.07) is 13.8. The van der Waals surface area contributed by atoms with Crippen molar-refractivity contribution >= 4 is 29.1 Å². The second-order valence-corrected chi connectivity index (χ2v) is 7.19. The van der Waals surface area contributed by atoms with Gasteiger partial charge in [-0.3, -0.25) is 9.59 Å². The third-order valence-electron chi connectivity index (χ3n) is 4.81. The van der Waals surface area contributed by atoms with E-state index in [0.717, 1.165) is 18.8 Å². The molecule has 0 atom stereocenters. The van der Waals surface area contributed by atoms with E-state index >= 15 is 0 Å². The Hall–Kier alpha value is -2.73. The molecule has 0 saturated carbocycles. The Bertz CT molecular complexity index is 801. The highest BCUT2D eigenvalue weighted by molar-refractivity contribution is 6.30. The normalized spacial score (nSPS) is 14.0. The Labute approximate surface area is 169 Å². The number of nitrogens with zero attached hydrogens (tertiary/aromatic N) is 2. The van der Waals surface area contributed by atoms with Crippen molar-refractivity contribution in [1.82, 2.24) is 10.2 Å². The first-order chi connectivity index (χ1) is 13.5. The van der Waals surface area contributed by atoms with E-state index in [0.29, 0.717) is 43.1 Å². The number of piperazine rings is 1. The fraction of sp³-hybridized carbons (Fsp3) is 0.333. The number of hydrogen-bond donors (Lipinski definition) is 2. The molecule has 1 heterocycles. The van der Waals surface area contributed by atoms with Gasteiger partial charge in [0, 0.05) is 55.4 Å². The number of hydrogen-bond acceptors (Lipinski definition) is 4. The average molecular weight is 402 g/mol. The van der Waals surface area contributed by atoms with Crippen LogP contribution in [-0.4, -0.2) is 54.5 Å². The molecule has 3 rings (SSSR count). The molecule has 0 aromatic heterocycles. The Morgan fingerprint density at radius 3 is 2.25 bits per heavy atom. The summed E-state index contributed by atoms with van der Waals surface area (Å²) >= 11 is 5.81. The lowest BCUT2D eigenvalue weighted by atomic mass is 10.2. The molecule has 2 aromatic rings. The van der Waals surface area contributed by atoms with Crippen LogP contribution in [0.15, 0.2) is 48.5 Å². The van der Waals surface area contributed by atoms with Crippen LogP contribution in [0, 0.1) is 0 Å². The number of rotatable bonds is 6. The summed E-state index contributed by atoms with van der Waals surface area (Å²) in [5.41, 5.74) is 1.61. The number of nitrogens with one attached hydrogen (secondary N) is 1. The molecule has 0 aliphatic carbocycles. The summed E-state index contributed by atoms with van der Waals surface area (Å²) in [4.78, 5) is 28.5. The fourth-order valence-electron chi connectivity index (χ4n) is 3.18. The topological polar surface area (TPSA) is 72.9 Å². The summed E-state index contributed by atoms with van der Waals surface area (Å²) in [7, 11) is 0. The van der Waals surface area contributed by atoms with E-state index < -0.39 is 0 Å². The van der Waals surface area contributed by atoms with Crippen molar-refractivity contribution in [2.75, 3.05) is 37.6 Å². The third kappa shape index (κ3) is 5.39. The first-order valence-corrected chi connectivity index (χ1v) is 9.76. The molecule has 7 heteroatoms. The lowest BCUT2D eigenvalue weighted by molar-refractivity contribution is -0.131. The van der Waals surface area contributed by atoms with E-state index in [4.69, 9.17) is 11.6 Å². The largest absolute Gasteiger partial charge is 0.508 e. The summed E-state index contributed by atoms with van der Waals surface area (Å²) in [5, 5.41) is 12.8. The smallest absolute Gasteiger partial charge is 0.251 e. The monoisotopic (exact) mass is 401 g/mol. The van der Waals surface area contributed by atoms with Crippen LogP contribution in [0.5, 0.6) is 5.75 Å². The minimum atomic E-state index is -0.161. The highest BCUT2D eigenvalue weighted by atomic mass is 35.5. The summed E-state index contributed by atoms with van der Waals surface area (Å²) in [6.07, 6.45) is 1.02. The number of aromatic hydroxyl groups is 1. The van der Waals surface area contributed by atoms with E-state index in [2.05, 4.69) is 10.2 Å². The highest BCUT2D eigenvalue weighted by Gasteiger charge is 2.21. The molecule has 28 heavy (non-hydrogen) atoms. The van der Waals surface area contributed by atoms with E-state index in [1.807, 2.05) is 17.0 Å². The van der Waals surface area contributed by atoms with Crippen LogP contribution in [0.3, 0.4) is 0 Å². The molecular weight excluding hydrogens is 378 g/mol. The van der Waals surface area contributed by atoms with Crippen LogP contribution in [-0.2, 0) is 4.79 Å². The van der Waals surface area contributed by atoms with Crippen molar-refractivity contribution in [3.8, 4) is 5.75 Å². The predicted octanol–water partition coefficient (Wildman–Crippen LogP) is 2.90. The van der Waals surface area contributed by atoms with Crippen LogP contribution < -0.4 is 10.2 Å². The number of phenols is 1. The number of anilines is 1. The number of halogens is 1. The van der Waals surface area contributed by atoms with Crippen molar-refractivity contribution < 1.29 is 14.7 Å². The van der Waals surface area contributed by atoms with Gasteiger partial charge >= 0.3 is 0 Å². The zero-order chi connectivity index (χ0) is 19.9. The van der Waals surface area contributed by atoms with Crippen LogP contribution >= 0.6 is 11.6 Å². The second-order valence-electron chi connectivity index (χ2n) is 6.75. The van der Waals surface area contributed by atoms with Crippen LogP contribution in [0.2, 0.25) is 5.02 Å². The van der Waals surface area contributed by atoms with E-state index in [1.54, 1.807) is 36.4 Å². The Kier molecular flexibility index (Phi) is 6.76. The van der Waals surface area contributed by atoms with Gasteiger partial charge in [-0.1, -0.05) is 11.6 Å². The van der Waals surface area contributed by atoms with E-state index in [1.165, 1.54) is 0 Å². The van der Waals surface area contributed by atoms with Gasteiger partial charge in [0.2, 0.25) is 5.91 Å². The van der Waals surface area contributed by atoms with Crippen molar-refractivity contribution in [3.63, 3.8) is 0 Å². The van der Waals surface area contributed by atoms with Crippen molar-refractivity contribution in [3.05, 3.63) is 59.1 Å². The second kappa shape index (κ2) is 9.46. The Balaban J connectivity index is 1.36. The van der Waals surface area contributed by atoms with E-state index in [-0.39, 0.29) is 17.6 Å². The number of carbonyl (C=O) groups excluding carboxylic acids is 2. The van der Waals surface area contributed by atoms with Crippen LogP contribution in [0.25, 0.3) is 0 Å². The highest BCUT2D eigenvalue weighted by Crippen LogP contribution is 2.20. The Morgan fingerprint density at radius 1 is 0.964 bits per heavy atom.